The van der Waals surface area contributed by atoms with Gasteiger partial charge in [0.1, 0.15) is 28.5 Å². The van der Waals surface area contributed by atoms with Gasteiger partial charge in [-0.1, -0.05) is 74.5 Å². The maximum absolute atomic E-state index is 14.1. The summed E-state index contributed by atoms with van der Waals surface area (Å²) in [7, 11) is -3.38. The first-order valence-electron chi connectivity index (χ1n) is 15.2. The van der Waals surface area contributed by atoms with Gasteiger partial charge in [-0.15, -0.1) is 0 Å². The third-order valence-electron chi connectivity index (χ3n) is 8.96. The summed E-state index contributed by atoms with van der Waals surface area (Å²) in [5.74, 6) is -0.709. The highest BCUT2D eigenvalue weighted by atomic mass is 28.4. The second-order valence-corrected chi connectivity index (χ2v) is 16.2. The Hall–Kier alpha value is -5.33. The largest absolute Gasteiger partial charge is 0.424 e. The van der Waals surface area contributed by atoms with Gasteiger partial charge in [0.05, 0.1) is 30.3 Å². The standard InChI is InChI=1S/C35H31F2N7O2Si/c1-35(2,47(46,25-9-5-3-6-10-25)26-11-7-4-8-12-26)18-17-29(27-15-13-23(36)19-38-27)44-33-28(41-34(44)45)20-40-32(42-33)30-21-39-31-16-14-24(37)22-43(30)31/h3-16,19-22,29,46H,17-18H2,1-2H3,(H,41,45)/t29-/m1/s1. The molecular weight excluding hydrogens is 617 g/mol. The summed E-state index contributed by atoms with van der Waals surface area (Å²) in [6, 6.07) is 24.5. The summed E-state index contributed by atoms with van der Waals surface area (Å²) in [5.41, 5.74) is 1.68. The van der Waals surface area contributed by atoms with Crippen LogP contribution in [0.5, 0.6) is 0 Å². The van der Waals surface area contributed by atoms with Gasteiger partial charge < -0.3 is 9.78 Å². The van der Waals surface area contributed by atoms with E-state index in [-0.39, 0.29) is 5.82 Å². The van der Waals surface area contributed by atoms with Gasteiger partial charge in [0.2, 0.25) is 0 Å². The van der Waals surface area contributed by atoms with Gasteiger partial charge in [0, 0.05) is 6.20 Å². The van der Waals surface area contributed by atoms with Crippen LogP contribution in [0.1, 0.15) is 38.4 Å². The second-order valence-electron chi connectivity index (χ2n) is 12.2. The maximum Gasteiger partial charge on any atom is 0.328 e. The van der Waals surface area contributed by atoms with Crippen molar-refractivity contribution >= 4 is 35.5 Å². The first kappa shape index (κ1) is 30.3. The van der Waals surface area contributed by atoms with Crippen LogP contribution in [0, 0.1) is 11.6 Å². The number of hydrogen-bond donors (Lipinski definition) is 2. The molecule has 0 aliphatic heterocycles. The number of benzene rings is 2. The average molecular weight is 648 g/mol. The number of hydrogen-bond acceptors (Lipinski definition) is 6. The molecule has 0 unspecified atom stereocenters. The molecule has 7 rings (SSSR count). The normalized spacial score (nSPS) is 13.0. The Kier molecular flexibility index (Phi) is 7.61. The monoisotopic (exact) mass is 647 g/mol. The molecule has 0 aliphatic carbocycles. The van der Waals surface area contributed by atoms with Crippen molar-refractivity contribution in [2.75, 3.05) is 0 Å². The molecule has 236 valence electrons. The van der Waals surface area contributed by atoms with Crippen LogP contribution in [0.15, 0.2) is 115 Å². The fourth-order valence-electron chi connectivity index (χ4n) is 6.43. The highest BCUT2D eigenvalue weighted by Crippen LogP contribution is 2.42. The smallest absolute Gasteiger partial charge is 0.328 e. The van der Waals surface area contributed by atoms with Gasteiger partial charge in [-0.2, -0.15) is 0 Å². The van der Waals surface area contributed by atoms with Gasteiger partial charge in [-0.3, -0.25) is 14.0 Å². The topological polar surface area (TPSA) is 114 Å². The lowest BCUT2D eigenvalue weighted by atomic mass is 9.99. The molecule has 1 atom stereocenters. The van der Waals surface area contributed by atoms with E-state index in [1.165, 1.54) is 29.1 Å². The van der Waals surface area contributed by atoms with Crippen LogP contribution in [0.2, 0.25) is 5.04 Å². The van der Waals surface area contributed by atoms with Crippen LogP contribution in [-0.2, 0) is 0 Å². The maximum atomic E-state index is 14.1. The van der Waals surface area contributed by atoms with Crippen molar-refractivity contribution in [3.63, 3.8) is 0 Å². The van der Waals surface area contributed by atoms with Crippen molar-refractivity contribution in [2.45, 2.75) is 37.8 Å². The van der Waals surface area contributed by atoms with E-state index < -0.39 is 36.7 Å². The number of H-pyrrole nitrogens is 1. The summed E-state index contributed by atoms with van der Waals surface area (Å²) >= 11 is 0. The summed E-state index contributed by atoms with van der Waals surface area (Å²) in [6.45, 7) is 4.10. The summed E-state index contributed by atoms with van der Waals surface area (Å²) in [6.07, 6.45) is 6.32. The molecule has 0 saturated carbocycles. The Labute approximate surface area is 269 Å². The van der Waals surface area contributed by atoms with Crippen molar-refractivity contribution < 1.29 is 13.6 Å². The fourth-order valence-corrected chi connectivity index (χ4v) is 10.2. The molecule has 0 radical (unpaired) electrons. The molecule has 0 spiro atoms. The van der Waals surface area contributed by atoms with Crippen molar-refractivity contribution in [3.05, 3.63) is 138 Å². The lowest BCUT2D eigenvalue weighted by Gasteiger charge is -2.42. The number of pyridine rings is 2. The predicted octanol–water partition coefficient (Wildman–Crippen LogP) is 5.01. The average Bonchev–Trinajstić information content (AvgIpc) is 3.65. The van der Waals surface area contributed by atoms with E-state index in [1.807, 2.05) is 60.7 Å². The van der Waals surface area contributed by atoms with E-state index in [1.54, 1.807) is 22.7 Å². The SMILES string of the molecule is CC(C)(CC[C@H](c1ccc(F)cn1)n1c(=O)[nH]c2cnc(-c3cnc4ccc(F)cn34)nc21)[Si](O)(c1ccccc1)c1ccccc1. The molecule has 7 aromatic rings. The number of fused-ring (bicyclic) bond motifs is 2. The van der Waals surface area contributed by atoms with E-state index in [0.29, 0.717) is 41.0 Å². The quantitative estimate of drug-likeness (QED) is 0.213. The molecule has 0 amide bonds. The van der Waals surface area contributed by atoms with E-state index in [9.17, 15) is 18.4 Å². The molecular formula is C35H31F2N7O2Si. The molecule has 9 nitrogen and oxygen atoms in total. The highest BCUT2D eigenvalue weighted by molar-refractivity contribution is 6.98. The zero-order chi connectivity index (χ0) is 32.8. The van der Waals surface area contributed by atoms with Crippen molar-refractivity contribution in [1.82, 2.24) is 33.9 Å². The summed E-state index contributed by atoms with van der Waals surface area (Å²) < 4.78 is 31.3. The van der Waals surface area contributed by atoms with Crippen LogP contribution in [0.4, 0.5) is 8.78 Å². The minimum absolute atomic E-state index is 0.240. The van der Waals surface area contributed by atoms with Crippen LogP contribution in [0.3, 0.4) is 0 Å². The second kappa shape index (κ2) is 11.8. The fraction of sp³-hybridized carbons (Fsp3) is 0.171. The molecule has 47 heavy (non-hydrogen) atoms. The Bertz CT molecular complexity index is 2210. The van der Waals surface area contributed by atoms with E-state index >= 15 is 0 Å². The van der Waals surface area contributed by atoms with Gasteiger partial charge >= 0.3 is 5.69 Å². The minimum Gasteiger partial charge on any atom is -0.424 e. The lowest BCUT2D eigenvalue weighted by Crippen LogP contribution is -2.65. The molecule has 2 aromatic carbocycles. The molecule has 5 heterocycles. The Morgan fingerprint density at radius 2 is 1.53 bits per heavy atom. The highest BCUT2D eigenvalue weighted by Gasteiger charge is 2.50. The first-order valence-corrected chi connectivity index (χ1v) is 17.2. The van der Waals surface area contributed by atoms with Crippen molar-refractivity contribution in [3.8, 4) is 11.5 Å². The number of imidazole rings is 2. The lowest BCUT2D eigenvalue weighted by molar-refractivity contribution is 0.416. The third kappa shape index (κ3) is 5.34. The number of aromatic amines is 1. The third-order valence-corrected chi connectivity index (χ3v) is 13.5. The van der Waals surface area contributed by atoms with Gasteiger partial charge in [-0.05, 0) is 52.5 Å². The number of nitrogens with one attached hydrogen (secondary N) is 1. The zero-order valence-corrected chi connectivity index (χ0v) is 26.7. The van der Waals surface area contributed by atoms with Crippen LogP contribution in [-0.4, -0.2) is 47.0 Å². The molecule has 5 aromatic heterocycles. The molecule has 0 saturated heterocycles. The van der Waals surface area contributed by atoms with Gasteiger partial charge in [0.25, 0.3) is 8.32 Å². The molecule has 2 N–H and O–H groups in total. The molecule has 0 aliphatic rings. The van der Waals surface area contributed by atoms with Crippen LogP contribution < -0.4 is 16.1 Å². The Morgan fingerprint density at radius 1 is 0.851 bits per heavy atom. The summed E-state index contributed by atoms with van der Waals surface area (Å²) in [4.78, 5) is 47.2. The van der Waals surface area contributed by atoms with Crippen LogP contribution >= 0.6 is 0 Å². The summed E-state index contributed by atoms with van der Waals surface area (Å²) in [5, 5.41) is 1.11. The predicted molar refractivity (Wildman–Crippen MR) is 178 cm³/mol. The minimum atomic E-state index is -3.38. The van der Waals surface area contributed by atoms with Gasteiger partial charge in [-0.25, -0.2) is 28.5 Å². The molecule has 12 heteroatoms. The Morgan fingerprint density at radius 3 is 2.19 bits per heavy atom. The zero-order valence-electron chi connectivity index (χ0n) is 25.7. The van der Waals surface area contributed by atoms with Crippen molar-refractivity contribution in [2.24, 2.45) is 0 Å². The number of rotatable bonds is 9. The van der Waals surface area contributed by atoms with Crippen LogP contribution in [0.25, 0.3) is 28.3 Å². The van der Waals surface area contributed by atoms with E-state index in [4.69, 9.17) is 4.98 Å². The van der Waals surface area contributed by atoms with Crippen molar-refractivity contribution in [1.29, 1.82) is 0 Å². The van der Waals surface area contributed by atoms with E-state index in [2.05, 4.69) is 33.8 Å². The van der Waals surface area contributed by atoms with E-state index in [0.717, 1.165) is 16.6 Å². The number of halogens is 2. The first-order chi connectivity index (χ1) is 22.7. The number of nitrogens with zero attached hydrogens (tertiary/aromatic N) is 6. The number of aromatic nitrogens is 7. The van der Waals surface area contributed by atoms with Gasteiger partial charge in [0.15, 0.2) is 11.5 Å². The Balaban J connectivity index is 1.33. The molecule has 0 fully saturated rings. The molecule has 0 bridgehead atoms.